The molecule has 0 saturated heterocycles. The summed E-state index contributed by atoms with van der Waals surface area (Å²) in [6.07, 6.45) is 4.32. The second kappa shape index (κ2) is 4.96. The van der Waals surface area contributed by atoms with Gasteiger partial charge in [-0.1, -0.05) is 13.8 Å². The van der Waals surface area contributed by atoms with E-state index in [2.05, 4.69) is 13.8 Å². The molecule has 1 aromatic carbocycles. The Labute approximate surface area is 107 Å². The zero-order valence-electron chi connectivity index (χ0n) is 11.0. The van der Waals surface area contributed by atoms with Crippen molar-refractivity contribution in [2.75, 3.05) is 0 Å². The second-order valence-corrected chi connectivity index (χ2v) is 6.23. The van der Waals surface area contributed by atoms with Crippen LogP contribution in [0.2, 0.25) is 0 Å². The first-order valence-corrected chi connectivity index (χ1v) is 6.59. The van der Waals surface area contributed by atoms with Gasteiger partial charge in [0.05, 0.1) is 0 Å². The minimum atomic E-state index is -0.545. The number of rotatable bonds is 2. The Kier molecular flexibility index (Phi) is 3.71. The molecular weight excluding hydrogens is 232 g/mol. The molecule has 3 heteroatoms. The quantitative estimate of drug-likeness (QED) is 0.840. The van der Waals surface area contributed by atoms with E-state index in [9.17, 15) is 8.78 Å². The first-order valence-electron chi connectivity index (χ1n) is 6.59. The average Bonchev–Trinajstić information content (AvgIpc) is 2.27. The highest BCUT2D eigenvalue weighted by Gasteiger charge is 2.30. The maximum Gasteiger partial charge on any atom is 0.126 e. The van der Waals surface area contributed by atoms with Crippen LogP contribution in [-0.4, -0.2) is 0 Å². The molecule has 1 aliphatic carbocycles. The third kappa shape index (κ3) is 3.08. The Balaban J connectivity index is 2.09. The van der Waals surface area contributed by atoms with E-state index >= 15 is 0 Å². The lowest BCUT2D eigenvalue weighted by molar-refractivity contribution is 0.173. The molecule has 2 N–H and O–H groups in total. The third-order valence-corrected chi connectivity index (χ3v) is 4.16. The number of hydrogen-bond donors (Lipinski definition) is 1. The van der Waals surface area contributed by atoms with E-state index in [0.717, 1.165) is 31.7 Å². The van der Waals surface area contributed by atoms with Crippen molar-refractivity contribution in [1.82, 2.24) is 0 Å². The van der Waals surface area contributed by atoms with E-state index in [1.807, 2.05) is 0 Å². The maximum atomic E-state index is 13.2. The van der Waals surface area contributed by atoms with Gasteiger partial charge >= 0.3 is 0 Å². The summed E-state index contributed by atoms with van der Waals surface area (Å²) in [6, 6.07) is 3.34. The van der Waals surface area contributed by atoms with Gasteiger partial charge in [-0.25, -0.2) is 8.78 Å². The molecule has 1 fully saturated rings. The minimum Gasteiger partial charge on any atom is -0.324 e. The molecule has 1 saturated carbocycles. The summed E-state index contributed by atoms with van der Waals surface area (Å²) >= 11 is 0. The largest absolute Gasteiger partial charge is 0.324 e. The van der Waals surface area contributed by atoms with E-state index in [4.69, 9.17) is 5.73 Å². The fraction of sp³-hybridized carbons (Fsp3) is 0.600. The van der Waals surface area contributed by atoms with E-state index in [0.29, 0.717) is 16.9 Å². The molecule has 1 nitrogen and oxygen atoms in total. The molecule has 0 amide bonds. The summed E-state index contributed by atoms with van der Waals surface area (Å²) in [4.78, 5) is 0. The zero-order valence-corrected chi connectivity index (χ0v) is 11.0. The summed E-state index contributed by atoms with van der Waals surface area (Å²) in [5.41, 5.74) is 7.12. The zero-order chi connectivity index (χ0) is 13.3. The normalized spacial score (nSPS) is 21.8. The molecule has 0 bridgehead atoms. The third-order valence-electron chi connectivity index (χ3n) is 4.16. The second-order valence-electron chi connectivity index (χ2n) is 6.23. The summed E-state index contributed by atoms with van der Waals surface area (Å²) in [6.45, 7) is 4.52. The average molecular weight is 253 g/mol. The number of nitrogens with two attached hydrogens (primary N) is 1. The van der Waals surface area contributed by atoms with Gasteiger partial charge in [0, 0.05) is 12.1 Å². The van der Waals surface area contributed by atoms with Gasteiger partial charge in [0.15, 0.2) is 0 Å². The van der Waals surface area contributed by atoms with E-state index < -0.39 is 11.6 Å². The molecule has 18 heavy (non-hydrogen) atoms. The van der Waals surface area contributed by atoms with Crippen molar-refractivity contribution < 1.29 is 8.78 Å². The monoisotopic (exact) mass is 253 g/mol. The summed E-state index contributed by atoms with van der Waals surface area (Å²) < 4.78 is 26.4. The van der Waals surface area contributed by atoms with E-state index in [-0.39, 0.29) is 6.04 Å². The van der Waals surface area contributed by atoms with Crippen LogP contribution < -0.4 is 5.73 Å². The Morgan fingerprint density at radius 1 is 1.11 bits per heavy atom. The number of benzene rings is 1. The lowest BCUT2D eigenvalue weighted by atomic mass is 9.70. The van der Waals surface area contributed by atoms with Gasteiger partial charge in [-0.2, -0.15) is 0 Å². The molecule has 100 valence electrons. The van der Waals surface area contributed by atoms with Crippen LogP contribution in [0, 0.1) is 23.0 Å². The van der Waals surface area contributed by atoms with Crippen LogP contribution in [-0.2, 0) is 0 Å². The lowest BCUT2D eigenvalue weighted by Crippen LogP contribution is -2.29. The van der Waals surface area contributed by atoms with Crippen LogP contribution in [0.15, 0.2) is 18.2 Å². The van der Waals surface area contributed by atoms with Gasteiger partial charge in [0.1, 0.15) is 11.6 Å². The molecule has 1 atom stereocenters. The van der Waals surface area contributed by atoms with Crippen LogP contribution >= 0.6 is 0 Å². The van der Waals surface area contributed by atoms with Gasteiger partial charge in [-0.3, -0.25) is 0 Å². The van der Waals surface area contributed by atoms with Crippen LogP contribution in [0.25, 0.3) is 0 Å². The van der Waals surface area contributed by atoms with Crippen molar-refractivity contribution in [3.8, 4) is 0 Å². The molecule has 1 unspecified atom stereocenters. The molecule has 0 radical (unpaired) electrons. The summed E-state index contributed by atoms with van der Waals surface area (Å²) in [5.74, 6) is -0.757. The predicted octanol–water partition coefficient (Wildman–Crippen LogP) is 4.18. The highest BCUT2D eigenvalue weighted by Crippen LogP contribution is 2.42. The number of halogens is 2. The predicted molar refractivity (Wildman–Crippen MR) is 69.0 cm³/mol. The molecule has 1 aromatic rings. The first kappa shape index (κ1) is 13.5. The van der Waals surface area contributed by atoms with Crippen molar-refractivity contribution >= 4 is 0 Å². The maximum absolute atomic E-state index is 13.2. The van der Waals surface area contributed by atoms with Crippen LogP contribution in [0.1, 0.15) is 51.1 Å². The SMILES string of the molecule is CC1(C)CCC(C(N)c2cc(F)cc(F)c2)CC1. The Hall–Kier alpha value is -0.960. The van der Waals surface area contributed by atoms with Gasteiger partial charge in [-0.15, -0.1) is 0 Å². The molecular formula is C15H21F2N. The molecule has 0 aromatic heterocycles. The fourth-order valence-corrected chi connectivity index (χ4v) is 2.82. The summed E-state index contributed by atoms with van der Waals surface area (Å²) in [5, 5.41) is 0. The van der Waals surface area contributed by atoms with Gasteiger partial charge in [-0.05, 0) is 54.7 Å². The van der Waals surface area contributed by atoms with Crippen molar-refractivity contribution in [2.45, 2.75) is 45.6 Å². The fourth-order valence-electron chi connectivity index (χ4n) is 2.82. The highest BCUT2D eigenvalue weighted by atomic mass is 19.1. The van der Waals surface area contributed by atoms with Gasteiger partial charge in [0.2, 0.25) is 0 Å². The standard InChI is InChI=1S/C15H21F2N/c1-15(2)5-3-10(4-6-15)14(18)11-7-12(16)9-13(17)8-11/h7-10,14H,3-6,18H2,1-2H3. The lowest BCUT2D eigenvalue weighted by Gasteiger charge is -2.37. The van der Waals surface area contributed by atoms with Crippen LogP contribution in [0.5, 0.6) is 0 Å². The van der Waals surface area contributed by atoms with Gasteiger partial charge < -0.3 is 5.73 Å². The Bertz CT molecular complexity index is 398. The highest BCUT2D eigenvalue weighted by molar-refractivity contribution is 5.22. The van der Waals surface area contributed by atoms with E-state index in [1.165, 1.54) is 12.1 Å². The van der Waals surface area contributed by atoms with Crippen LogP contribution in [0.3, 0.4) is 0 Å². The van der Waals surface area contributed by atoms with Crippen molar-refractivity contribution in [3.63, 3.8) is 0 Å². The van der Waals surface area contributed by atoms with Crippen molar-refractivity contribution in [2.24, 2.45) is 17.1 Å². The van der Waals surface area contributed by atoms with Crippen molar-refractivity contribution in [3.05, 3.63) is 35.4 Å². The van der Waals surface area contributed by atoms with Crippen molar-refractivity contribution in [1.29, 1.82) is 0 Å². The topological polar surface area (TPSA) is 26.0 Å². The molecule has 0 spiro atoms. The molecule has 0 aliphatic heterocycles. The Morgan fingerprint density at radius 2 is 1.61 bits per heavy atom. The molecule has 1 aliphatic rings. The minimum absolute atomic E-state index is 0.258. The molecule has 0 heterocycles. The first-order chi connectivity index (χ1) is 8.37. The Morgan fingerprint density at radius 3 is 2.11 bits per heavy atom. The number of hydrogen-bond acceptors (Lipinski definition) is 1. The summed E-state index contributed by atoms with van der Waals surface area (Å²) in [7, 11) is 0. The smallest absolute Gasteiger partial charge is 0.126 e. The van der Waals surface area contributed by atoms with Gasteiger partial charge in [0.25, 0.3) is 0 Å². The van der Waals surface area contributed by atoms with Crippen LogP contribution in [0.4, 0.5) is 8.78 Å². The van der Waals surface area contributed by atoms with E-state index in [1.54, 1.807) is 0 Å². The molecule has 2 rings (SSSR count).